The van der Waals surface area contributed by atoms with Gasteiger partial charge in [0, 0.05) is 0 Å². The number of nitriles is 1. The Hall–Kier alpha value is -2.07. The molecule has 2 aromatic rings. The van der Waals surface area contributed by atoms with Crippen LogP contribution in [0, 0.1) is 11.3 Å². The molecule has 0 spiro atoms. The summed E-state index contributed by atoms with van der Waals surface area (Å²) in [7, 11) is 0. The summed E-state index contributed by atoms with van der Waals surface area (Å²) in [6, 6.07) is 18.7. The third kappa shape index (κ3) is 4.20. The number of hydrogen-bond acceptors (Lipinski definition) is 1. The molecule has 0 saturated carbocycles. The molecule has 0 atom stereocenters. The van der Waals surface area contributed by atoms with E-state index in [1.807, 2.05) is 18.2 Å². The fourth-order valence-electron chi connectivity index (χ4n) is 2.74. The van der Waals surface area contributed by atoms with Crippen LogP contribution in [0.4, 0.5) is 0 Å². The lowest BCUT2D eigenvalue weighted by Gasteiger charge is -2.11. The first-order valence-corrected chi connectivity index (χ1v) is 7.94. The Morgan fingerprint density at radius 1 is 0.810 bits per heavy atom. The van der Waals surface area contributed by atoms with Crippen molar-refractivity contribution in [2.75, 3.05) is 0 Å². The van der Waals surface area contributed by atoms with Gasteiger partial charge in [-0.1, -0.05) is 75.1 Å². The van der Waals surface area contributed by atoms with E-state index in [1.165, 1.54) is 43.2 Å². The van der Waals surface area contributed by atoms with Crippen LogP contribution in [0.5, 0.6) is 0 Å². The van der Waals surface area contributed by atoms with Gasteiger partial charge >= 0.3 is 0 Å². The minimum absolute atomic E-state index is 0.760. The number of unbranched alkanes of at least 4 members (excludes halogenated alkanes) is 4. The summed E-state index contributed by atoms with van der Waals surface area (Å²) in [5, 5.41) is 9.29. The number of rotatable bonds is 7. The highest BCUT2D eigenvalue weighted by molar-refractivity contribution is 5.73. The molecule has 0 aliphatic rings. The molecule has 0 unspecified atom stereocenters. The molecule has 0 heterocycles. The molecule has 21 heavy (non-hydrogen) atoms. The number of hydrogen-bond donors (Lipinski definition) is 0. The predicted molar refractivity (Wildman–Crippen MR) is 89.1 cm³/mol. The third-order valence-electron chi connectivity index (χ3n) is 3.90. The highest BCUT2D eigenvalue weighted by Gasteiger charge is 2.08. The highest BCUT2D eigenvalue weighted by atomic mass is 14.2. The van der Waals surface area contributed by atoms with Crippen molar-refractivity contribution in [1.29, 1.82) is 5.26 Å². The quantitative estimate of drug-likeness (QED) is 0.592. The van der Waals surface area contributed by atoms with Crippen LogP contribution in [0.1, 0.15) is 50.2 Å². The Morgan fingerprint density at radius 3 is 2.24 bits per heavy atom. The summed E-state index contributed by atoms with van der Waals surface area (Å²) in [6.45, 7) is 2.24. The first kappa shape index (κ1) is 15.3. The van der Waals surface area contributed by atoms with E-state index in [0.717, 1.165) is 17.5 Å². The smallest absolute Gasteiger partial charge is 0.0998 e. The Balaban J connectivity index is 2.15. The Morgan fingerprint density at radius 2 is 1.48 bits per heavy atom. The van der Waals surface area contributed by atoms with Gasteiger partial charge in [0.1, 0.15) is 0 Å². The van der Waals surface area contributed by atoms with Crippen molar-refractivity contribution in [2.45, 2.75) is 45.4 Å². The topological polar surface area (TPSA) is 23.8 Å². The van der Waals surface area contributed by atoms with Crippen molar-refractivity contribution in [3.05, 3.63) is 59.7 Å². The zero-order valence-corrected chi connectivity index (χ0v) is 12.8. The minimum atomic E-state index is 0.760. The summed E-state index contributed by atoms with van der Waals surface area (Å²) in [6.07, 6.45) is 7.56. The zero-order valence-electron chi connectivity index (χ0n) is 12.8. The van der Waals surface area contributed by atoms with Crippen molar-refractivity contribution in [3.63, 3.8) is 0 Å². The van der Waals surface area contributed by atoms with Crippen LogP contribution in [-0.4, -0.2) is 0 Å². The Labute approximate surface area is 128 Å². The monoisotopic (exact) mass is 277 g/mol. The van der Waals surface area contributed by atoms with Crippen molar-refractivity contribution in [1.82, 2.24) is 0 Å². The summed E-state index contributed by atoms with van der Waals surface area (Å²) in [5.41, 5.74) is 4.39. The van der Waals surface area contributed by atoms with Crippen LogP contribution in [0.15, 0.2) is 48.5 Å². The Bertz CT molecular complexity index is 607. The molecule has 1 nitrogen and oxygen atoms in total. The number of benzene rings is 2. The number of aryl methyl sites for hydroxylation is 1. The van der Waals surface area contributed by atoms with Crippen LogP contribution in [0.3, 0.4) is 0 Å². The van der Waals surface area contributed by atoms with Crippen LogP contribution < -0.4 is 0 Å². The van der Waals surface area contributed by atoms with Gasteiger partial charge in [-0.2, -0.15) is 5.26 Å². The van der Waals surface area contributed by atoms with Gasteiger partial charge in [-0.25, -0.2) is 0 Å². The summed E-state index contributed by atoms with van der Waals surface area (Å²) < 4.78 is 0. The van der Waals surface area contributed by atoms with E-state index in [-0.39, 0.29) is 0 Å². The fraction of sp³-hybridized carbons (Fsp3) is 0.350. The maximum Gasteiger partial charge on any atom is 0.0998 e. The molecular formula is C20H23N. The van der Waals surface area contributed by atoms with Crippen molar-refractivity contribution < 1.29 is 0 Å². The van der Waals surface area contributed by atoms with Crippen LogP contribution >= 0.6 is 0 Å². The first-order valence-electron chi connectivity index (χ1n) is 7.94. The molecule has 0 bridgehead atoms. The lowest BCUT2D eigenvalue weighted by molar-refractivity contribution is 0.632. The molecule has 0 saturated heterocycles. The number of nitrogens with zero attached hydrogens (tertiary/aromatic N) is 1. The molecule has 0 radical (unpaired) electrons. The van der Waals surface area contributed by atoms with E-state index < -0.39 is 0 Å². The van der Waals surface area contributed by atoms with Gasteiger partial charge in [-0.05, 0) is 35.6 Å². The second-order valence-electron chi connectivity index (χ2n) is 5.48. The fourth-order valence-corrected chi connectivity index (χ4v) is 2.74. The van der Waals surface area contributed by atoms with Crippen molar-refractivity contribution in [3.8, 4) is 17.2 Å². The lowest BCUT2D eigenvalue weighted by Crippen LogP contribution is -1.93. The second-order valence-corrected chi connectivity index (χ2v) is 5.48. The molecule has 0 N–H and O–H groups in total. The molecule has 0 aromatic heterocycles. The van der Waals surface area contributed by atoms with Gasteiger partial charge in [0.25, 0.3) is 0 Å². The molecular weight excluding hydrogens is 254 g/mol. The van der Waals surface area contributed by atoms with Gasteiger partial charge < -0.3 is 0 Å². The molecule has 108 valence electrons. The standard InChI is InChI=1S/C20H23N/c1-2-3-4-5-6-11-17-12-7-9-14-19(17)20-15-10-8-13-18(20)16-21/h7-10,12-15H,2-6,11H2,1H3. The normalized spacial score (nSPS) is 10.3. The SMILES string of the molecule is CCCCCCCc1ccccc1-c1ccccc1C#N. The molecule has 0 amide bonds. The Kier molecular flexibility index (Phi) is 6.03. The maximum absolute atomic E-state index is 9.29. The molecule has 1 heteroatoms. The molecule has 0 fully saturated rings. The van der Waals surface area contributed by atoms with Crippen LogP contribution in [-0.2, 0) is 6.42 Å². The largest absolute Gasteiger partial charge is 0.192 e. The lowest BCUT2D eigenvalue weighted by atomic mass is 9.93. The average Bonchev–Trinajstić information content (AvgIpc) is 2.55. The van der Waals surface area contributed by atoms with E-state index >= 15 is 0 Å². The summed E-state index contributed by atoms with van der Waals surface area (Å²) >= 11 is 0. The maximum atomic E-state index is 9.29. The van der Waals surface area contributed by atoms with E-state index in [0.29, 0.717) is 0 Å². The summed E-state index contributed by atoms with van der Waals surface area (Å²) in [5.74, 6) is 0. The third-order valence-corrected chi connectivity index (χ3v) is 3.90. The van der Waals surface area contributed by atoms with Crippen molar-refractivity contribution in [2.24, 2.45) is 0 Å². The van der Waals surface area contributed by atoms with Gasteiger partial charge in [0.05, 0.1) is 11.6 Å². The predicted octanol–water partition coefficient (Wildman–Crippen LogP) is 5.74. The first-order chi connectivity index (χ1) is 10.4. The average molecular weight is 277 g/mol. The van der Waals surface area contributed by atoms with Gasteiger partial charge in [0.15, 0.2) is 0 Å². The van der Waals surface area contributed by atoms with Gasteiger partial charge in [-0.15, -0.1) is 0 Å². The zero-order chi connectivity index (χ0) is 14.9. The second kappa shape index (κ2) is 8.27. The molecule has 2 rings (SSSR count). The molecule has 0 aliphatic heterocycles. The van der Waals surface area contributed by atoms with Gasteiger partial charge in [0.2, 0.25) is 0 Å². The van der Waals surface area contributed by atoms with E-state index in [1.54, 1.807) is 0 Å². The minimum Gasteiger partial charge on any atom is -0.192 e. The van der Waals surface area contributed by atoms with Crippen LogP contribution in [0.25, 0.3) is 11.1 Å². The van der Waals surface area contributed by atoms with E-state index in [9.17, 15) is 5.26 Å². The van der Waals surface area contributed by atoms with Crippen molar-refractivity contribution >= 4 is 0 Å². The summed E-state index contributed by atoms with van der Waals surface area (Å²) in [4.78, 5) is 0. The van der Waals surface area contributed by atoms with Gasteiger partial charge in [-0.3, -0.25) is 0 Å². The molecule has 0 aliphatic carbocycles. The van der Waals surface area contributed by atoms with E-state index in [2.05, 4.69) is 43.3 Å². The highest BCUT2D eigenvalue weighted by Crippen LogP contribution is 2.28. The molecule has 2 aromatic carbocycles. The van der Waals surface area contributed by atoms with Crippen LogP contribution in [0.2, 0.25) is 0 Å². The van der Waals surface area contributed by atoms with E-state index in [4.69, 9.17) is 0 Å².